The van der Waals surface area contributed by atoms with Gasteiger partial charge in [-0.25, -0.2) is 4.98 Å². The van der Waals surface area contributed by atoms with Crippen molar-refractivity contribution < 1.29 is 5.11 Å². The molecule has 0 aliphatic carbocycles. The molecule has 2 aromatic carbocycles. The molecule has 0 bridgehead atoms. The van der Waals surface area contributed by atoms with Gasteiger partial charge in [-0.05, 0) is 46.8 Å². The highest BCUT2D eigenvalue weighted by atomic mass is 16.3. The smallest absolute Gasteiger partial charge is 0.274 e. The molecule has 0 radical (unpaired) electrons. The molecular formula is C31H31N5O3. The monoisotopic (exact) mass is 521 g/mol. The van der Waals surface area contributed by atoms with Crippen LogP contribution >= 0.6 is 0 Å². The Hall–Kier alpha value is -4.53. The van der Waals surface area contributed by atoms with Gasteiger partial charge >= 0.3 is 0 Å². The van der Waals surface area contributed by atoms with Crippen molar-refractivity contribution in [1.29, 1.82) is 0 Å². The van der Waals surface area contributed by atoms with Gasteiger partial charge in [0.15, 0.2) is 0 Å². The Morgan fingerprint density at radius 2 is 1.79 bits per heavy atom. The molecule has 5 rings (SSSR count). The summed E-state index contributed by atoms with van der Waals surface area (Å²) in [6, 6.07) is 20.8. The van der Waals surface area contributed by atoms with E-state index < -0.39 is 0 Å². The van der Waals surface area contributed by atoms with Gasteiger partial charge < -0.3 is 20.3 Å². The van der Waals surface area contributed by atoms with Crippen LogP contribution in [-0.4, -0.2) is 25.3 Å². The van der Waals surface area contributed by atoms with Crippen molar-refractivity contribution in [3.63, 3.8) is 0 Å². The second kappa shape index (κ2) is 11.1. The van der Waals surface area contributed by atoms with Gasteiger partial charge in [0, 0.05) is 54.7 Å². The fraction of sp³-hybridized carbons (Fsp3) is 0.194. The molecule has 8 heteroatoms. The quantitative estimate of drug-likeness (QED) is 0.278. The molecule has 198 valence electrons. The molecule has 0 atom stereocenters. The Bertz CT molecular complexity index is 1750. The van der Waals surface area contributed by atoms with Crippen molar-refractivity contribution in [3.05, 3.63) is 117 Å². The summed E-state index contributed by atoms with van der Waals surface area (Å²) in [4.78, 5) is 30.8. The molecule has 3 aromatic heterocycles. The van der Waals surface area contributed by atoms with E-state index in [9.17, 15) is 14.7 Å². The van der Waals surface area contributed by atoms with Crippen molar-refractivity contribution in [2.24, 2.45) is 7.05 Å². The van der Waals surface area contributed by atoms with E-state index in [0.29, 0.717) is 40.7 Å². The summed E-state index contributed by atoms with van der Waals surface area (Å²) in [5, 5.41) is 18.4. The van der Waals surface area contributed by atoms with Crippen LogP contribution in [0.5, 0.6) is 0 Å². The first kappa shape index (κ1) is 26.1. The number of fused-ring (bicyclic) bond motifs is 1. The second-order valence-corrected chi connectivity index (χ2v) is 9.81. The molecule has 39 heavy (non-hydrogen) atoms. The van der Waals surface area contributed by atoms with Gasteiger partial charge in [0.1, 0.15) is 11.5 Å². The van der Waals surface area contributed by atoms with E-state index in [-0.39, 0.29) is 17.7 Å². The fourth-order valence-electron chi connectivity index (χ4n) is 4.63. The molecule has 0 saturated carbocycles. The van der Waals surface area contributed by atoms with Gasteiger partial charge in [0.05, 0.1) is 12.3 Å². The number of benzene rings is 2. The molecule has 0 spiro atoms. The number of anilines is 2. The molecule has 0 aliphatic rings. The van der Waals surface area contributed by atoms with Crippen LogP contribution < -0.4 is 21.8 Å². The van der Waals surface area contributed by atoms with Gasteiger partial charge in [0.25, 0.3) is 11.1 Å². The standard InChI is InChI=1S/C31H31N5O3/c1-20(2)32-16-21-11-12-29(33-17-21)34-27-15-23(18-35(3)31(27)39)24-9-6-10-28(26(24)19-37)36-14-13-22-7-4-5-8-25(22)30(36)38/h4-15,17-18,20,32,37H,16,19H2,1-3H3,(H,33,34). The number of hydrogen-bond donors (Lipinski definition) is 3. The van der Waals surface area contributed by atoms with Gasteiger partial charge in [-0.2, -0.15) is 0 Å². The third kappa shape index (κ3) is 5.38. The lowest BCUT2D eigenvalue weighted by Crippen LogP contribution is -2.22. The highest BCUT2D eigenvalue weighted by molar-refractivity contribution is 5.82. The Morgan fingerprint density at radius 3 is 2.54 bits per heavy atom. The lowest BCUT2D eigenvalue weighted by molar-refractivity contribution is 0.282. The summed E-state index contributed by atoms with van der Waals surface area (Å²) < 4.78 is 3.05. The van der Waals surface area contributed by atoms with E-state index in [0.717, 1.165) is 22.1 Å². The number of aryl methyl sites for hydroxylation is 1. The number of nitrogens with one attached hydrogen (secondary N) is 2. The topological polar surface area (TPSA) is 101 Å². The van der Waals surface area contributed by atoms with Crippen molar-refractivity contribution >= 4 is 22.3 Å². The number of rotatable bonds is 8. The minimum absolute atomic E-state index is 0.166. The predicted octanol–water partition coefficient (Wildman–Crippen LogP) is 4.49. The first-order valence-electron chi connectivity index (χ1n) is 12.9. The predicted molar refractivity (Wildman–Crippen MR) is 156 cm³/mol. The summed E-state index contributed by atoms with van der Waals surface area (Å²) in [7, 11) is 1.68. The zero-order valence-corrected chi connectivity index (χ0v) is 22.2. The molecule has 5 aromatic rings. The first-order valence-corrected chi connectivity index (χ1v) is 12.9. The van der Waals surface area contributed by atoms with Crippen molar-refractivity contribution in [1.82, 2.24) is 19.4 Å². The second-order valence-electron chi connectivity index (χ2n) is 9.81. The Kier molecular flexibility index (Phi) is 7.40. The Labute approximate surface area is 226 Å². The lowest BCUT2D eigenvalue weighted by atomic mass is 9.99. The number of nitrogens with zero attached hydrogens (tertiary/aromatic N) is 3. The fourth-order valence-corrected chi connectivity index (χ4v) is 4.63. The van der Waals surface area contributed by atoms with Gasteiger partial charge in [0.2, 0.25) is 0 Å². The van der Waals surface area contributed by atoms with Crippen molar-refractivity contribution in [2.75, 3.05) is 5.32 Å². The summed E-state index contributed by atoms with van der Waals surface area (Å²) in [6.07, 6.45) is 5.23. The number of aliphatic hydroxyl groups excluding tert-OH is 1. The molecule has 0 unspecified atom stereocenters. The normalized spacial score (nSPS) is 11.3. The van der Waals surface area contributed by atoms with Gasteiger partial charge in [-0.15, -0.1) is 0 Å². The van der Waals surface area contributed by atoms with E-state index in [1.807, 2.05) is 54.6 Å². The Morgan fingerprint density at radius 1 is 0.974 bits per heavy atom. The molecule has 0 aliphatic heterocycles. The van der Waals surface area contributed by atoms with E-state index in [2.05, 4.69) is 29.5 Å². The highest BCUT2D eigenvalue weighted by Gasteiger charge is 2.15. The number of pyridine rings is 3. The number of aliphatic hydroxyl groups is 1. The maximum absolute atomic E-state index is 13.3. The van der Waals surface area contributed by atoms with Crippen LogP contribution in [0.1, 0.15) is 25.0 Å². The third-order valence-corrected chi connectivity index (χ3v) is 6.68. The van der Waals surface area contributed by atoms with Crippen molar-refractivity contribution in [2.45, 2.75) is 33.0 Å². The molecule has 0 fully saturated rings. The van der Waals surface area contributed by atoms with E-state index in [1.165, 1.54) is 4.57 Å². The largest absolute Gasteiger partial charge is 0.392 e. The van der Waals surface area contributed by atoms with Crippen LogP contribution in [0.15, 0.2) is 94.9 Å². The molecular weight excluding hydrogens is 490 g/mol. The zero-order valence-electron chi connectivity index (χ0n) is 22.2. The molecule has 0 saturated heterocycles. The lowest BCUT2D eigenvalue weighted by Gasteiger charge is -2.17. The average molecular weight is 522 g/mol. The third-order valence-electron chi connectivity index (χ3n) is 6.68. The van der Waals surface area contributed by atoms with Crippen LogP contribution in [0.25, 0.3) is 27.6 Å². The first-order chi connectivity index (χ1) is 18.9. The van der Waals surface area contributed by atoms with Crippen LogP contribution in [-0.2, 0) is 20.2 Å². The molecule has 0 amide bonds. The van der Waals surface area contributed by atoms with Crippen LogP contribution in [0.3, 0.4) is 0 Å². The summed E-state index contributed by atoms with van der Waals surface area (Å²) in [5.74, 6) is 0.552. The van der Waals surface area contributed by atoms with Crippen LogP contribution in [0, 0.1) is 0 Å². The summed E-state index contributed by atoms with van der Waals surface area (Å²) in [6.45, 7) is 4.60. The molecule has 8 nitrogen and oxygen atoms in total. The number of aromatic nitrogens is 3. The molecule has 3 N–H and O–H groups in total. The minimum atomic E-state index is -0.288. The molecule has 3 heterocycles. The Balaban J connectivity index is 1.54. The van der Waals surface area contributed by atoms with Crippen LogP contribution in [0.2, 0.25) is 0 Å². The maximum atomic E-state index is 13.3. The van der Waals surface area contributed by atoms with E-state index in [4.69, 9.17) is 0 Å². The van der Waals surface area contributed by atoms with Gasteiger partial charge in [-0.3, -0.25) is 14.2 Å². The van der Waals surface area contributed by atoms with Gasteiger partial charge in [-0.1, -0.05) is 50.2 Å². The number of hydrogen-bond acceptors (Lipinski definition) is 6. The highest BCUT2D eigenvalue weighted by Crippen LogP contribution is 2.30. The maximum Gasteiger partial charge on any atom is 0.274 e. The average Bonchev–Trinajstić information content (AvgIpc) is 2.95. The van der Waals surface area contributed by atoms with E-state index >= 15 is 0 Å². The zero-order chi connectivity index (χ0) is 27.5. The van der Waals surface area contributed by atoms with Crippen molar-refractivity contribution in [3.8, 4) is 16.8 Å². The van der Waals surface area contributed by atoms with Crippen LogP contribution in [0.4, 0.5) is 11.5 Å². The van der Waals surface area contributed by atoms with E-state index in [1.54, 1.807) is 42.3 Å². The summed E-state index contributed by atoms with van der Waals surface area (Å²) in [5.41, 5.74) is 3.63. The minimum Gasteiger partial charge on any atom is -0.392 e. The SMILES string of the molecule is CC(C)NCc1ccc(Nc2cc(-c3cccc(-n4ccc5ccccc5c4=O)c3CO)cn(C)c2=O)nc1. The summed E-state index contributed by atoms with van der Waals surface area (Å²) >= 11 is 0.